The quantitative estimate of drug-likeness (QED) is 0.354. The average molecular weight is 418 g/mol. The number of halogens is 2. The molecule has 0 amide bonds. The number of hydrogen-bond acceptors (Lipinski definition) is 1. The summed E-state index contributed by atoms with van der Waals surface area (Å²) >= 11 is 0. The third kappa shape index (κ3) is 6.53. The van der Waals surface area contributed by atoms with Crippen LogP contribution in [0.1, 0.15) is 80.0 Å². The van der Waals surface area contributed by atoms with Crippen LogP contribution in [0.5, 0.6) is 0 Å². The van der Waals surface area contributed by atoms with Crippen LogP contribution in [0.2, 0.25) is 0 Å². The molecular weight excluding hydrogens is 388 g/mol. The van der Waals surface area contributed by atoms with Gasteiger partial charge in [0.15, 0.2) is 0 Å². The van der Waals surface area contributed by atoms with E-state index in [1.807, 2.05) is 0 Å². The molecule has 0 bridgehead atoms. The Morgan fingerprint density at radius 2 is 1.68 bits per heavy atom. The van der Waals surface area contributed by atoms with Crippen molar-refractivity contribution in [2.24, 2.45) is 5.92 Å². The predicted octanol–water partition coefficient (Wildman–Crippen LogP) is 7.45. The van der Waals surface area contributed by atoms with Crippen LogP contribution < -0.4 is 0 Å². The number of hydrogen-bond donors (Lipinski definition) is 0. The fourth-order valence-corrected chi connectivity index (χ4v) is 4.24. The van der Waals surface area contributed by atoms with Crippen molar-refractivity contribution in [2.45, 2.75) is 64.2 Å². The minimum Gasteiger partial charge on any atom is -0.205 e. The van der Waals surface area contributed by atoms with E-state index in [-0.39, 0.29) is 5.56 Å². The van der Waals surface area contributed by atoms with Crippen molar-refractivity contribution in [3.05, 3.63) is 82.4 Å². The molecule has 160 valence electrons. The molecule has 1 saturated carbocycles. The van der Waals surface area contributed by atoms with Crippen molar-refractivity contribution in [3.63, 3.8) is 0 Å². The van der Waals surface area contributed by atoms with Gasteiger partial charge in [0.05, 0.1) is 0 Å². The molecule has 0 atom stereocenters. The van der Waals surface area contributed by atoms with Gasteiger partial charge in [0.25, 0.3) is 0 Å². The molecule has 31 heavy (non-hydrogen) atoms. The maximum atomic E-state index is 13.6. The lowest BCUT2D eigenvalue weighted by Crippen LogP contribution is -2.11. The van der Waals surface area contributed by atoms with Crippen LogP contribution in [0.3, 0.4) is 0 Å². The molecule has 0 N–H and O–H groups in total. The SMILES string of the molecule is CCCCCc1ccc(C2CCC(C=CC#Cc3cc(F)c(C#N)c(F)c3)CC2)cc1. The Bertz CT molecular complexity index is 971. The van der Waals surface area contributed by atoms with E-state index in [2.05, 4.69) is 49.1 Å². The maximum absolute atomic E-state index is 13.6. The molecule has 0 heterocycles. The smallest absolute Gasteiger partial charge is 0.145 e. The summed E-state index contributed by atoms with van der Waals surface area (Å²) in [6.07, 6.45) is 13.5. The van der Waals surface area contributed by atoms with Gasteiger partial charge in [-0.15, -0.1) is 0 Å². The van der Waals surface area contributed by atoms with Crippen molar-refractivity contribution in [2.75, 3.05) is 0 Å². The molecule has 1 aliphatic carbocycles. The molecule has 3 rings (SSSR count). The summed E-state index contributed by atoms with van der Waals surface area (Å²) in [7, 11) is 0. The van der Waals surface area contributed by atoms with Crippen LogP contribution in [-0.4, -0.2) is 0 Å². The first-order valence-corrected chi connectivity index (χ1v) is 11.3. The molecular formula is C28H29F2N. The summed E-state index contributed by atoms with van der Waals surface area (Å²) in [6.45, 7) is 2.23. The largest absolute Gasteiger partial charge is 0.205 e. The molecule has 0 unspecified atom stereocenters. The van der Waals surface area contributed by atoms with Crippen molar-refractivity contribution >= 4 is 0 Å². The lowest BCUT2D eigenvalue weighted by Gasteiger charge is -2.27. The minimum absolute atomic E-state index is 0.237. The maximum Gasteiger partial charge on any atom is 0.145 e. The van der Waals surface area contributed by atoms with Crippen molar-refractivity contribution < 1.29 is 8.78 Å². The molecule has 0 aliphatic heterocycles. The van der Waals surface area contributed by atoms with Crippen LogP contribution in [0.15, 0.2) is 48.6 Å². The van der Waals surface area contributed by atoms with Crippen molar-refractivity contribution in [3.8, 4) is 17.9 Å². The van der Waals surface area contributed by atoms with E-state index in [0.717, 1.165) is 25.0 Å². The molecule has 0 saturated heterocycles. The van der Waals surface area contributed by atoms with E-state index in [0.29, 0.717) is 11.8 Å². The van der Waals surface area contributed by atoms with Gasteiger partial charge < -0.3 is 0 Å². The Morgan fingerprint density at radius 1 is 1.00 bits per heavy atom. The first-order valence-electron chi connectivity index (χ1n) is 11.3. The van der Waals surface area contributed by atoms with Crippen LogP contribution in [0, 0.1) is 40.7 Å². The van der Waals surface area contributed by atoms with Gasteiger partial charge in [0.2, 0.25) is 0 Å². The standard InChI is InChI=1S/C28H29F2N/c1-2-3-4-7-21-10-14-24(15-11-21)25-16-12-22(13-17-25)8-5-6-9-23-18-27(29)26(20-31)28(30)19-23/h5,8,10-11,14-15,18-19,22,25H,2-4,7,12-13,16-17H2,1H3. The third-order valence-electron chi connectivity index (χ3n) is 6.11. The van der Waals surface area contributed by atoms with Crippen LogP contribution in [-0.2, 0) is 6.42 Å². The summed E-state index contributed by atoms with van der Waals surface area (Å²) in [4.78, 5) is 0. The van der Waals surface area contributed by atoms with Gasteiger partial charge in [0, 0.05) is 5.56 Å². The Labute approximate surface area is 184 Å². The molecule has 2 aromatic rings. The summed E-state index contributed by atoms with van der Waals surface area (Å²) in [5.74, 6) is 4.99. The van der Waals surface area contributed by atoms with Crippen molar-refractivity contribution in [1.29, 1.82) is 5.26 Å². The number of unbranched alkanes of at least 4 members (excludes halogenated alkanes) is 2. The molecule has 0 aromatic heterocycles. The second kappa shape index (κ2) is 11.5. The first kappa shape index (κ1) is 22.8. The highest BCUT2D eigenvalue weighted by Crippen LogP contribution is 2.36. The van der Waals surface area contributed by atoms with Gasteiger partial charge in [0.1, 0.15) is 23.3 Å². The van der Waals surface area contributed by atoms with E-state index in [9.17, 15) is 8.78 Å². The number of nitrogens with zero attached hydrogens (tertiary/aromatic N) is 1. The number of allylic oxidation sites excluding steroid dienone is 2. The van der Waals surface area contributed by atoms with E-state index >= 15 is 0 Å². The minimum atomic E-state index is -0.872. The fraction of sp³-hybridized carbons (Fsp3) is 0.393. The number of benzene rings is 2. The number of aryl methyl sites for hydroxylation is 1. The second-order valence-electron chi connectivity index (χ2n) is 8.37. The van der Waals surface area contributed by atoms with Crippen LogP contribution in [0.25, 0.3) is 0 Å². The fourth-order valence-electron chi connectivity index (χ4n) is 4.24. The normalized spacial score (nSPS) is 18.4. The zero-order valence-corrected chi connectivity index (χ0v) is 18.1. The molecule has 2 aromatic carbocycles. The first-order chi connectivity index (χ1) is 15.1. The van der Waals surface area contributed by atoms with Gasteiger partial charge >= 0.3 is 0 Å². The van der Waals surface area contributed by atoms with E-state index in [4.69, 9.17) is 5.26 Å². The van der Waals surface area contributed by atoms with Gasteiger partial charge in [-0.05, 0) is 79.7 Å². The van der Waals surface area contributed by atoms with Crippen LogP contribution in [0.4, 0.5) is 8.78 Å². The Kier molecular flexibility index (Phi) is 8.43. The Morgan fingerprint density at radius 3 is 2.29 bits per heavy atom. The number of rotatable bonds is 6. The summed E-state index contributed by atoms with van der Waals surface area (Å²) < 4.78 is 27.3. The van der Waals surface area contributed by atoms with Gasteiger partial charge in [-0.1, -0.05) is 61.9 Å². The summed E-state index contributed by atoms with van der Waals surface area (Å²) in [5, 5.41) is 8.71. The monoisotopic (exact) mass is 417 g/mol. The van der Waals surface area contributed by atoms with E-state index < -0.39 is 17.2 Å². The summed E-state index contributed by atoms with van der Waals surface area (Å²) in [6, 6.07) is 12.9. The van der Waals surface area contributed by atoms with E-state index in [1.54, 1.807) is 6.08 Å². The molecule has 0 radical (unpaired) electrons. The second-order valence-corrected chi connectivity index (χ2v) is 8.37. The zero-order chi connectivity index (χ0) is 22.1. The average Bonchev–Trinajstić information content (AvgIpc) is 2.78. The van der Waals surface area contributed by atoms with Crippen LogP contribution >= 0.6 is 0 Å². The summed E-state index contributed by atoms with van der Waals surface area (Å²) in [5.41, 5.74) is 2.56. The Hall–Kier alpha value is -2.91. The molecule has 1 nitrogen and oxygen atoms in total. The van der Waals surface area contributed by atoms with Gasteiger partial charge in [-0.3, -0.25) is 0 Å². The molecule has 3 heteroatoms. The third-order valence-corrected chi connectivity index (χ3v) is 6.11. The molecule has 0 spiro atoms. The van der Waals surface area contributed by atoms with Crippen molar-refractivity contribution in [1.82, 2.24) is 0 Å². The predicted molar refractivity (Wildman–Crippen MR) is 121 cm³/mol. The van der Waals surface area contributed by atoms with Gasteiger partial charge in [-0.2, -0.15) is 5.26 Å². The van der Waals surface area contributed by atoms with E-state index in [1.165, 1.54) is 55.7 Å². The Balaban J connectivity index is 1.49. The topological polar surface area (TPSA) is 23.8 Å². The molecule has 1 fully saturated rings. The highest BCUT2D eigenvalue weighted by Gasteiger charge is 2.20. The lowest BCUT2D eigenvalue weighted by molar-refractivity contribution is 0.376. The zero-order valence-electron chi connectivity index (χ0n) is 18.1. The van der Waals surface area contributed by atoms with Gasteiger partial charge in [-0.25, -0.2) is 8.78 Å². The number of nitriles is 1. The lowest BCUT2D eigenvalue weighted by atomic mass is 9.78. The molecule has 1 aliphatic rings. The highest BCUT2D eigenvalue weighted by atomic mass is 19.1. The highest BCUT2D eigenvalue weighted by molar-refractivity contribution is 5.43.